The Labute approximate surface area is 115 Å². The minimum atomic E-state index is -0.884. The molecule has 7 heteroatoms. The highest BCUT2D eigenvalue weighted by Crippen LogP contribution is 2.14. The molecule has 2 aromatic rings. The summed E-state index contributed by atoms with van der Waals surface area (Å²) in [5.74, 6) is -1.20. The topological polar surface area (TPSA) is 96.6 Å². The van der Waals surface area contributed by atoms with Gasteiger partial charge in [0.25, 0.3) is 5.91 Å². The molecule has 1 amide bonds. The number of fused-ring (bicyclic) bond motifs is 1. The summed E-state index contributed by atoms with van der Waals surface area (Å²) in [6, 6.07) is 1.72. The van der Waals surface area contributed by atoms with Crippen molar-refractivity contribution in [3.05, 3.63) is 30.2 Å². The molecule has 0 radical (unpaired) electrons. The number of carboxylic acid groups (broad SMARTS) is 1. The zero-order valence-corrected chi connectivity index (χ0v) is 11.3. The molecule has 2 rings (SSSR count). The Morgan fingerprint density at radius 3 is 2.90 bits per heavy atom. The molecular formula is C13H16N4O3. The van der Waals surface area contributed by atoms with Gasteiger partial charge in [0.2, 0.25) is 0 Å². The highest BCUT2D eigenvalue weighted by molar-refractivity contribution is 5.99. The molecule has 0 aliphatic rings. The van der Waals surface area contributed by atoms with Crippen LogP contribution in [0.15, 0.2) is 24.7 Å². The predicted molar refractivity (Wildman–Crippen MR) is 71.4 cm³/mol. The van der Waals surface area contributed by atoms with E-state index >= 15 is 0 Å². The Morgan fingerprint density at radius 2 is 2.20 bits per heavy atom. The molecule has 0 spiro atoms. The van der Waals surface area contributed by atoms with Crippen molar-refractivity contribution in [1.82, 2.24) is 19.9 Å². The SMILES string of the molecule is CC(C)(CCC(=O)O)NC(=O)c1cnn2cccnc12. The van der Waals surface area contributed by atoms with Crippen molar-refractivity contribution < 1.29 is 14.7 Å². The van der Waals surface area contributed by atoms with E-state index in [1.54, 1.807) is 32.3 Å². The first-order chi connectivity index (χ1) is 9.39. The molecule has 0 aliphatic heterocycles. The molecule has 0 bridgehead atoms. The van der Waals surface area contributed by atoms with Gasteiger partial charge in [0.15, 0.2) is 5.65 Å². The van der Waals surface area contributed by atoms with Crippen molar-refractivity contribution in [3.8, 4) is 0 Å². The summed E-state index contributed by atoms with van der Waals surface area (Å²) in [7, 11) is 0. The standard InChI is InChI=1S/C13H16N4O3/c1-13(2,5-4-10(18)19)16-12(20)9-8-15-17-7-3-6-14-11(9)17/h3,6-8H,4-5H2,1-2H3,(H,16,20)(H,18,19). The maximum atomic E-state index is 12.2. The van der Waals surface area contributed by atoms with E-state index in [1.807, 2.05) is 0 Å². The van der Waals surface area contributed by atoms with Crippen molar-refractivity contribution >= 4 is 17.5 Å². The van der Waals surface area contributed by atoms with E-state index in [1.165, 1.54) is 10.7 Å². The number of rotatable bonds is 5. The summed E-state index contributed by atoms with van der Waals surface area (Å²) in [5, 5.41) is 15.6. The van der Waals surface area contributed by atoms with Gasteiger partial charge in [0, 0.05) is 24.4 Å². The van der Waals surface area contributed by atoms with Crippen LogP contribution in [0.3, 0.4) is 0 Å². The van der Waals surface area contributed by atoms with E-state index in [2.05, 4.69) is 15.4 Å². The van der Waals surface area contributed by atoms with Crippen LogP contribution in [-0.4, -0.2) is 37.1 Å². The fraction of sp³-hybridized carbons (Fsp3) is 0.385. The molecule has 0 atom stereocenters. The van der Waals surface area contributed by atoms with Gasteiger partial charge >= 0.3 is 5.97 Å². The van der Waals surface area contributed by atoms with E-state index < -0.39 is 11.5 Å². The van der Waals surface area contributed by atoms with Crippen LogP contribution >= 0.6 is 0 Å². The van der Waals surface area contributed by atoms with Crippen LogP contribution in [0.5, 0.6) is 0 Å². The lowest BCUT2D eigenvalue weighted by Crippen LogP contribution is -2.43. The first-order valence-electron chi connectivity index (χ1n) is 6.22. The van der Waals surface area contributed by atoms with Gasteiger partial charge in [-0.3, -0.25) is 9.59 Å². The lowest BCUT2D eigenvalue weighted by Gasteiger charge is -2.25. The van der Waals surface area contributed by atoms with E-state index in [9.17, 15) is 9.59 Å². The molecule has 0 aromatic carbocycles. The Kier molecular flexibility index (Phi) is 3.69. The van der Waals surface area contributed by atoms with Crippen LogP contribution in [-0.2, 0) is 4.79 Å². The monoisotopic (exact) mass is 276 g/mol. The Hall–Kier alpha value is -2.44. The minimum absolute atomic E-state index is 0.000287. The molecular weight excluding hydrogens is 260 g/mol. The summed E-state index contributed by atoms with van der Waals surface area (Å²) < 4.78 is 1.51. The average molecular weight is 276 g/mol. The molecule has 0 aliphatic carbocycles. The van der Waals surface area contributed by atoms with Gasteiger partial charge in [-0.15, -0.1) is 0 Å². The molecule has 0 saturated carbocycles. The zero-order chi connectivity index (χ0) is 14.8. The quantitative estimate of drug-likeness (QED) is 0.852. The maximum absolute atomic E-state index is 12.2. The van der Waals surface area contributed by atoms with Crippen LogP contribution in [0.25, 0.3) is 5.65 Å². The predicted octanol–water partition coefficient (Wildman–Crippen LogP) is 1.10. The Balaban J connectivity index is 2.13. The molecule has 106 valence electrons. The van der Waals surface area contributed by atoms with Crippen LogP contribution in [0.1, 0.15) is 37.0 Å². The fourth-order valence-corrected chi connectivity index (χ4v) is 1.84. The van der Waals surface area contributed by atoms with Gasteiger partial charge in [-0.1, -0.05) is 0 Å². The van der Waals surface area contributed by atoms with E-state index in [-0.39, 0.29) is 12.3 Å². The summed E-state index contributed by atoms with van der Waals surface area (Å²) in [5.41, 5.74) is 0.228. The van der Waals surface area contributed by atoms with E-state index in [0.29, 0.717) is 17.6 Å². The molecule has 2 heterocycles. The molecule has 20 heavy (non-hydrogen) atoms. The first kappa shape index (κ1) is 14.0. The number of hydrogen-bond donors (Lipinski definition) is 2. The summed E-state index contributed by atoms with van der Waals surface area (Å²) >= 11 is 0. The van der Waals surface area contributed by atoms with Gasteiger partial charge in [-0.05, 0) is 26.3 Å². The van der Waals surface area contributed by atoms with Crippen molar-refractivity contribution in [2.24, 2.45) is 0 Å². The number of carboxylic acids is 1. The first-order valence-corrected chi connectivity index (χ1v) is 6.22. The second-order valence-corrected chi connectivity index (χ2v) is 5.18. The highest BCUT2D eigenvalue weighted by Gasteiger charge is 2.24. The van der Waals surface area contributed by atoms with Crippen molar-refractivity contribution in [1.29, 1.82) is 0 Å². The lowest BCUT2D eigenvalue weighted by atomic mass is 9.98. The van der Waals surface area contributed by atoms with Crippen molar-refractivity contribution in [3.63, 3.8) is 0 Å². The Morgan fingerprint density at radius 1 is 1.45 bits per heavy atom. The molecule has 7 nitrogen and oxygen atoms in total. The second-order valence-electron chi connectivity index (χ2n) is 5.18. The lowest BCUT2D eigenvalue weighted by molar-refractivity contribution is -0.137. The molecule has 2 aromatic heterocycles. The second kappa shape index (κ2) is 5.28. The van der Waals surface area contributed by atoms with E-state index in [0.717, 1.165) is 0 Å². The number of aromatic nitrogens is 3. The summed E-state index contributed by atoms with van der Waals surface area (Å²) in [4.78, 5) is 26.9. The summed E-state index contributed by atoms with van der Waals surface area (Å²) in [6.07, 6.45) is 5.09. The fourth-order valence-electron chi connectivity index (χ4n) is 1.84. The van der Waals surface area contributed by atoms with Gasteiger partial charge in [0.1, 0.15) is 5.56 Å². The van der Waals surface area contributed by atoms with Crippen molar-refractivity contribution in [2.75, 3.05) is 0 Å². The number of carbonyl (C=O) groups excluding carboxylic acids is 1. The molecule has 0 saturated heterocycles. The van der Waals surface area contributed by atoms with Gasteiger partial charge in [-0.25, -0.2) is 9.50 Å². The minimum Gasteiger partial charge on any atom is -0.481 e. The summed E-state index contributed by atoms with van der Waals surface area (Å²) in [6.45, 7) is 3.57. The third-order valence-corrected chi connectivity index (χ3v) is 2.94. The average Bonchev–Trinajstić information content (AvgIpc) is 2.80. The number of carbonyl (C=O) groups is 2. The molecule has 2 N–H and O–H groups in total. The van der Waals surface area contributed by atoms with Gasteiger partial charge < -0.3 is 10.4 Å². The number of nitrogens with zero attached hydrogens (tertiary/aromatic N) is 3. The van der Waals surface area contributed by atoms with E-state index in [4.69, 9.17) is 5.11 Å². The largest absolute Gasteiger partial charge is 0.481 e. The smallest absolute Gasteiger partial charge is 0.303 e. The number of aliphatic carboxylic acids is 1. The normalized spacial score (nSPS) is 11.5. The third-order valence-electron chi connectivity index (χ3n) is 2.94. The highest BCUT2D eigenvalue weighted by atomic mass is 16.4. The third kappa shape index (κ3) is 3.11. The van der Waals surface area contributed by atoms with Crippen LogP contribution < -0.4 is 5.32 Å². The Bertz CT molecular complexity index is 648. The molecule has 0 unspecified atom stereocenters. The number of nitrogens with one attached hydrogen (secondary N) is 1. The van der Waals surface area contributed by atoms with Gasteiger partial charge in [0.05, 0.1) is 6.20 Å². The van der Waals surface area contributed by atoms with Crippen LogP contribution in [0, 0.1) is 0 Å². The van der Waals surface area contributed by atoms with Crippen LogP contribution in [0.4, 0.5) is 0 Å². The maximum Gasteiger partial charge on any atom is 0.303 e. The number of amides is 1. The number of hydrogen-bond acceptors (Lipinski definition) is 4. The van der Waals surface area contributed by atoms with Crippen LogP contribution in [0.2, 0.25) is 0 Å². The van der Waals surface area contributed by atoms with Gasteiger partial charge in [-0.2, -0.15) is 5.10 Å². The zero-order valence-electron chi connectivity index (χ0n) is 11.3. The van der Waals surface area contributed by atoms with Crippen molar-refractivity contribution in [2.45, 2.75) is 32.2 Å². The molecule has 0 fully saturated rings.